The van der Waals surface area contributed by atoms with Crippen molar-refractivity contribution in [3.8, 4) is 0 Å². The normalized spacial score (nSPS) is 20.9. The fraction of sp³-hybridized carbons (Fsp3) is 0.476. The van der Waals surface area contributed by atoms with Crippen molar-refractivity contribution in [3.63, 3.8) is 0 Å². The van der Waals surface area contributed by atoms with Crippen LogP contribution in [0.4, 0.5) is 5.69 Å². The molecule has 0 aliphatic carbocycles. The zero-order chi connectivity index (χ0) is 18.7. The third-order valence-electron chi connectivity index (χ3n) is 4.72. The first-order valence-corrected chi connectivity index (χ1v) is 10.1. The van der Waals surface area contributed by atoms with Gasteiger partial charge in [0.1, 0.15) is 0 Å². The first-order chi connectivity index (χ1) is 12.5. The monoisotopic (exact) mass is 372 g/mol. The predicted molar refractivity (Wildman–Crippen MR) is 108 cm³/mol. The first kappa shape index (κ1) is 19.1. The SMILES string of the molecule is CCc1sc(C(=O)Nc2ccccc2CN2CC(C)OC(C)C2)cc1C. The number of ether oxygens (including phenoxy) is 1. The van der Waals surface area contributed by atoms with Gasteiger partial charge in [0.15, 0.2) is 0 Å². The van der Waals surface area contributed by atoms with Crippen LogP contribution in [0.25, 0.3) is 0 Å². The Morgan fingerprint density at radius 2 is 1.96 bits per heavy atom. The van der Waals surface area contributed by atoms with Gasteiger partial charge < -0.3 is 10.1 Å². The van der Waals surface area contributed by atoms with Crippen molar-refractivity contribution in [1.29, 1.82) is 0 Å². The lowest BCUT2D eigenvalue weighted by molar-refractivity contribution is -0.0704. The van der Waals surface area contributed by atoms with E-state index in [0.717, 1.165) is 42.2 Å². The van der Waals surface area contributed by atoms with E-state index >= 15 is 0 Å². The van der Waals surface area contributed by atoms with E-state index in [1.807, 2.05) is 24.3 Å². The molecular formula is C21H28N2O2S. The third kappa shape index (κ3) is 4.53. The number of thiophene rings is 1. The quantitative estimate of drug-likeness (QED) is 0.841. The maximum atomic E-state index is 12.7. The second-order valence-electron chi connectivity index (χ2n) is 7.13. The molecule has 1 aromatic heterocycles. The van der Waals surface area contributed by atoms with Gasteiger partial charge in [0.2, 0.25) is 0 Å². The van der Waals surface area contributed by atoms with Gasteiger partial charge in [-0.1, -0.05) is 25.1 Å². The molecule has 1 aromatic carbocycles. The lowest BCUT2D eigenvalue weighted by Crippen LogP contribution is -2.44. The molecule has 1 aliphatic heterocycles. The molecule has 1 amide bonds. The van der Waals surface area contributed by atoms with E-state index in [2.05, 4.69) is 44.0 Å². The molecule has 0 radical (unpaired) electrons. The van der Waals surface area contributed by atoms with Crippen molar-refractivity contribution in [3.05, 3.63) is 51.2 Å². The van der Waals surface area contributed by atoms with Gasteiger partial charge in [-0.15, -0.1) is 11.3 Å². The van der Waals surface area contributed by atoms with Gasteiger partial charge in [-0.25, -0.2) is 0 Å². The van der Waals surface area contributed by atoms with Gasteiger partial charge in [-0.3, -0.25) is 9.69 Å². The molecule has 1 fully saturated rings. The highest BCUT2D eigenvalue weighted by molar-refractivity contribution is 7.14. The van der Waals surface area contributed by atoms with Gasteiger partial charge in [-0.05, 0) is 50.5 Å². The van der Waals surface area contributed by atoms with Crippen LogP contribution in [-0.4, -0.2) is 36.1 Å². The second-order valence-corrected chi connectivity index (χ2v) is 8.27. The third-order valence-corrected chi connectivity index (χ3v) is 6.10. The number of para-hydroxylation sites is 1. The summed E-state index contributed by atoms with van der Waals surface area (Å²) in [5.41, 5.74) is 3.24. The van der Waals surface area contributed by atoms with Crippen LogP contribution in [0.5, 0.6) is 0 Å². The standard InChI is InChI=1S/C21H28N2O2S/c1-5-19-14(2)10-20(26-19)21(24)22-18-9-7-6-8-17(18)13-23-11-15(3)25-16(4)12-23/h6-10,15-16H,5,11-13H2,1-4H3,(H,22,24). The number of aryl methyl sites for hydroxylation is 2. The maximum absolute atomic E-state index is 12.7. The summed E-state index contributed by atoms with van der Waals surface area (Å²) < 4.78 is 5.82. The fourth-order valence-corrected chi connectivity index (χ4v) is 4.61. The Morgan fingerprint density at radius 1 is 1.27 bits per heavy atom. The van der Waals surface area contributed by atoms with Crippen LogP contribution >= 0.6 is 11.3 Å². The molecule has 26 heavy (non-hydrogen) atoms. The fourth-order valence-electron chi connectivity index (χ4n) is 3.60. The Kier molecular flexibility index (Phi) is 6.12. The summed E-state index contributed by atoms with van der Waals surface area (Å²) in [5.74, 6) is -0.0195. The van der Waals surface area contributed by atoms with Gasteiger partial charge >= 0.3 is 0 Å². The minimum atomic E-state index is -0.0195. The lowest BCUT2D eigenvalue weighted by atomic mass is 10.1. The van der Waals surface area contributed by atoms with E-state index in [4.69, 9.17) is 4.74 Å². The van der Waals surface area contributed by atoms with E-state index in [1.54, 1.807) is 11.3 Å². The van der Waals surface area contributed by atoms with E-state index in [-0.39, 0.29) is 18.1 Å². The average Bonchev–Trinajstić information content (AvgIpc) is 2.97. The first-order valence-electron chi connectivity index (χ1n) is 9.32. The van der Waals surface area contributed by atoms with E-state index < -0.39 is 0 Å². The molecule has 1 aliphatic rings. The van der Waals surface area contributed by atoms with Crippen LogP contribution in [0.3, 0.4) is 0 Å². The summed E-state index contributed by atoms with van der Waals surface area (Å²) in [7, 11) is 0. The van der Waals surface area contributed by atoms with E-state index in [9.17, 15) is 4.79 Å². The van der Waals surface area contributed by atoms with Gasteiger partial charge in [0.05, 0.1) is 17.1 Å². The number of carbonyl (C=O) groups is 1. The van der Waals surface area contributed by atoms with Crippen molar-refractivity contribution < 1.29 is 9.53 Å². The molecule has 3 rings (SSSR count). The minimum Gasteiger partial charge on any atom is -0.373 e. The van der Waals surface area contributed by atoms with Crippen LogP contribution in [0, 0.1) is 6.92 Å². The molecule has 0 bridgehead atoms. The Morgan fingerprint density at radius 3 is 2.62 bits per heavy atom. The molecular weight excluding hydrogens is 344 g/mol. The smallest absolute Gasteiger partial charge is 0.265 e. The summed E-state index contributed by atoms with van der Waals surface area (Å²) >= 11 is 1.59. The summed E-state index contributed by atoms with van der Waals surface area (Å²) in [4.78, 5) is 17.2. The van der Waals surface area contributed by atoms with Crippen LogP contribution in [0.15, 0.2) is 30.3 Å². The Balaban J connectivity index is 1.73. The molecule has 1 saturated heterocycles. The van der Waals surface area contributed by atoms with Gasteiger partial charge in [-0.2, -0.15) is 0 Å². The van der Waals surface area contributed by atoms with Crippen molar-refractivity contribution in [2.75, 3.05) is 18.4 Å². The zero-order valence-electron chi connectivity index (χ0n) is 16.0. The van der Waals surface area contributed by atoms with Crippen LogP contribution in [-0.2, 0) is 17.7 Å². The van der Waals surface area contributed by atoms with Crippen LogP contribution in [0.1, 0.15) is 46.4 Å². The number of hydrogen-bond acceptors (Lipinski definition) is 4. The second kappa shape index (κ2) is 8.33. The molecule has 2 atom stereocenters. The van der Waals surface area contributed by atoms with Gasteiger partial charge in [0.25, 0.3) is 5.91 Å². The van der Waals surface area contributed by atoms with Crippen LogP contribution in [0.2, 0.25) is 0 Å². The summed E-state index contributed by atoms with van der Waals surface area (Å²) in [5, 5.41) is 3.12. The largest absolute Gasteiger partial charge is 0.373 e. The molecule has 2 aromatic rings. The van der Waals surface area contributed by atoms with Crippen molar-refractivity contribution in [2.45, 2.75) is 52.9 Å². The Bertz CT molecular complexity index is 761. The van der Waals surface area contributed by atoms with Crippen molar-refractivity contribution >= 4 is 22.9 Å². The Labute approximate surface area is 160 Å². The topological polar surface area (TPSA) is 41.6 Å². The molecule has 0 saturated carbocycles. The van der Waals surface area contributed by atoms with E-state index in [1.165, 1.54) is 10.4 Å². The highest BCUT2D eigenvalue weighted by Gasteiger charge is 2.23. The highest BCUT2D eigenvalue weighted by Crippen LogP contribution is 2.25. The number of benzene rings is 1. The number of carbonyl (C=O) groups excluding carboxylic acids is 1. The van der Waals surface area contributed by atoms with Gasteiger partial charge in [0, 0.05) is 30.2 Å². The van der Waals surface area contributed by atoms with E-state index in [0.29, 0.717) is 0 Å². The predicted octanol–water partition coefficient (Wildman–Crippen LogP) is 4.48. The van der Waals surface area contributed by atoms with Crippen molar-refractivity contribution in [2.24, 2.45) is 0 Å². The van der Waals surface area contributed by atoms with Crippen LogP contribution < -0.4 is 5.32 Å². The number of nitrogens with zero attached hydrogens (tertiary/aromatic N) is 1. The number of amides is 1. The number of rotatable bonds is 5. The number of morpholine rings is 1. The summed E-state index contributed by atoms with van der Waals surface area (Å²) in [6.45, 7) is 11.1. The molecule has 2 unspecified atom stereocenters. The van der Waals surface area contributed by atoms with Crippen molar-refractivity contribution in [1.82, 2.24) is 4.90 Å². The number of hydrogen-bond donors (Lipinski definition) is 1. The number of nitrogens with one attached hydrogen (secondary N) is 1. The summed E-state index contributed by atoms with van der Waals surface area (Å²) in [6.07, 6.45) is 1.44. The molecule has 2 heterocycles. The number of anilines is 1. The zero-order valence-corrected chi connectivity index (χ0v) is 16.9. The molecule has 1 N–H and O–H groups in total. The molecule has 0 spiro atoms. The molecule has 5 heteroatoms. The molecule has 140 valence electrons. The Hall–Kier alpha value is -1.69. The average molecular weight is 373 g/mol. The highest BCUT2D eigenvalue weighted by atomic mass is 32.1. The minimum absolute atomic E-state index is 0.0195. The maximum Gasteiger partial charge on any atom is 0.265 e. The molecule has 4 nitrogen and oxygen atoms in total. The summed E-state index contributed by atoms with van der Waals surface area (Å²) in [6, 6.07) is 10.1. The lowest BCUT2D eigenvalue weighted by Gasteiger charge is -2.35.